The summed E-state index contributed by atoms with van der Waals surface area (Å²) in [6.45, 7) is 2.00. The second kappa shape index (κ2) is 6.36. The second-order valence-electron chi connectivity index (χ2n) is 1.65. The van der Waals surface area contributed by atoms with Gasteiger partial charge in [0.2, 0.25) is 0 Å². The van der Waals surface area contributed by atoms with Crippen LogP contribution in [0.1, 0.15) is 6.42 Å². The zero-order valence-corrected chi connectivity index (χ0v) is 6.55. The molecule has 1 nitrogen and oxygen atoms in total. The highest BCUT2D eigenvalue weighted by molar-refractivity contribution is 7.84. The zero-order valence-electron chi connectivity index (χ0n) is 5.66. The third-order valence-electron chi connectivity index (χ3n) is 0.977. The quantitative estimate of drug-likeness (QED) is 0.529. The van der Waals surface area contributed by atoms with Crippen LogP contribution in [0.2, 0.25) is 0 Å². The highest BCUT2D eigenvalue weighted by atomic mass is 32.1. The molecule has 1 rings (SSSR count). The molecule has 0 aromatic carbocycles. The average molecular weight is 154 g/mol. The normalized spacial score (nSPS) is 14.7. The molecule has 10 heavy (non-hydrogen) atoms. The fourth-order valence-corrected chi connectivity index (χ4v) is 0.760. The van der Waals surface area contributed by atoms with Gasteiger partial charge >= 0.3 is 0 Å². The van der Waals surface area contributed by atoms with Gasteiger partial charge in [-0.15, -0.1) is 12.6 Å². The van der Waals surface area contributed by atoms with E-state index in [0.29, 0.717) is 0 Å². The van der Waals surface area contributed by atoms with Crippen molar-refractivity contribution in [1.29, 1.82) is 0 Å². The number of hydrogen-bond acceptors (Lipinski definition) is 2. The summed E-state index contributed by atoms with van der Waals surface area (Å²) in [6, 6.07) is 0. The van der Waals surface area contributed by atoms with E-state index in [1.807, 2.05) is 25.0 Å². The number of carbonyl (C=O) groups is 1. The molecule has 0 saturated heterocycles. The molecule has 0 unspecified atom stereocenters. The van der Waals surface area contributed by atoms with Crippen LogP contribution in [0.25, 0.3) is 0 Å². The molecule has 54 valence electrons. The van der Waals surface area contributed by atoms with Crippen LogP contribution in [0.5, 0.6) is 0 Å². The van der Waals surface area contributed by atoms with Gasteiger partial charge in [-0.1, -0.05) is 24.3 Å². The van der Waals surface area contributed by atoms with Crippen LogP contribution >= 0.6 is 12.6 Å². The maximum Gasteiger partial charge on any atom is 0.106 e. The highest BCUT2D eigenvalue weighted by Crippen LogP contribution is 2.07. The van der Waals surface area contributed by atoms with Gasteiger partial charge in [0.1, 0.15) is 6.79 Å². The van der Waals surface area contributed by atoms with Gasteiger partial charge in [0.15, 0.2) is 0 Å². The predicted octanol–water partition coefficient (Wildman–Crippen LogP) is 2.13. The molecule has 0 heterocycles. The van der Waals surface area contributed by atoms with Gasteiger partial charge in [-0.2, -0.15) is 0 Å². The Morgan fingerprint density at radius 2 is 2.10 bits per heavy atom. The van der Waals surface area contributed by atoms with E-state index in [2.05, 4.69) is 24.8 Å². The molecule has 0 amide bonds. The van der Waals surface area contributed by atoms with Crippen molar-refractivity contribution in [2.75, 3.05) is 0 Å². The Labute approximate surface area is 66.5 Å². The summed E-state index contributed by atoms with van der Waals surface area (Å²) < 4.78 is 0. The van der Waals surface area contributed by atoms with Crippen LogP contribution < -0.4 is 0 Å². The number of carbonyl (C=O) groups excluding carboxylic acids is 1. The van der Waals surface area contributed by atoms with Gasteiger partial charge < -0.3 is 4.79 Å². The summed E-state index contributed by atoms with van der Waals surface area (Å²) in [4.78, 5) is 9.05. The number of thiol groups is 1. The summed E-state index contributed by atoms with van der Waals surface area (Å²) in [5, 5.41) is 0. The van der Waals surface area contributed by atoms with Crippen molar-refractivity contribution < 1.29 is 4.79 Å². The Hall–Kier alpha value is -0.760. The van der Waals surface area contributed by atoms with E-state index in [1.54, 1.807) is 0 Å². The lowest BCUT2D eigenvalue weighted by molar-refractivity contribution is -0.0979. The molecular weight excluding hydrogens is 144 g/mol. The van der Waals surface area contributed by atoms with Crippen molar-refractivity contribution in [3.63, 3.8) is 0 Å². The molecule has 0 aliphatic heterocycles. The summed E-state index contributed by atoms with van der Waals surface area (Å²) in [5.74, 6) is 0. The lowest BCUT2D eigenvalue weighted by Crippen LogP contribution is -1.57. The smallest absolute Gasteiger partial charge is 0.106 e. The van der Waals surface area contributed by atoms with E-state index in [4.69, 9.17) is 4.79 Å². The minimum Gasteiger partial charge on any atom is -0.307 e. The third-order valence-corrected chi connectivity index (χ3v) is 1.31. The first-order chi connectivity index (χ1) is 4.89. The number of allylic oxidation sites excluding steroid dienone is 5. The van der Waals surface area contributed by atoms with Crippen molar-refractivity contribution in [1.82, 2.24) is 0 Å². The molecule has 0 aromatic rings. The number of hydrogen-bond donors (Lipinski definition) is 1. The summed E-state index contributed by atoms with van der Waals surface area (Å²) in [6.07, 6.45) is 11.2. The Morgan fingerprint density at radius 3 is 2.80 bits per heavy atom. The first-order valence-electron chi connectivity index (χ1n) is 2.91. The predicted molar refractivity (Wildman–Crippen MR) is 47.1 cm³/mol. The van der Waals surface area contributed by atoms with E-state index in [0.717, 1.165) is 11.3 Å². The Balaban J connectivity index is 0.000000371. The van der Waals surface area contributed by atoms with E-state index >= 15 is 0 Å². The first-order valence-corrected chi connectivity index (χ1v) is 3.35. The van der Waals surface area contributed by atoms with Crippen molar-refractivity contribution in [2.45, 2.75) is 6.42 Å². The number of rotatable bonds is 0. The van der Waals surface area contributed by atoms with Crippen molar-refractivity contribution in [3.8, 4) is 0 Å². The maximum atomic E-state index is 8.00. The Bertz CT molecular complexity index is 165. The molecule has 0 spiro atoms. The minimum absolute atomic E-state index is 1.01. The molecule has 0 N–H and O–H groups in total. The molecule has 0 radical (unpaired) electrons. The van der Waals surface area contributed by atoms with Gasteiger partial charge in [0.25, 0.3) is 0 Å². The van der Waals surface area contributed by atoms with E-state index in [-0.39, 0.29) is 0 Å². The van der Waals surface area contributed by atoms with E-state index < -0.39 is 0 Å². The molecule has 0 atom stereocenters. The zero-order chi connectivity index (χ0) is 7.82. The summed E-state index contributed by atoms with van der Waals surface area (Å²) >= 11 is 4.16. The third kappa shape index (κ3) is 4.15. The molecule has 0 fully saturated rings. The molecule has 1 aliphatic carbocycles. The Kier molecular flexibility index (Phi) is 5.88. The van der Waals surface area contributed by atoms with Crippen LogP contribution in [0, 0.1) is 0 Å². The van der Waals surface area contributed by atoms with Gasteiger partial charge in [-0.25, -0.2) is 0 Å². The Morgan fingerprint density at radius 1 is 1.40 bits per heavy atom. The van der Waals surface area contributed by atoms with Crippen molar-refractivity contribution in [2.24, 2.45) is 0 Å². The summed E-state index contributed by atoms with van der Waals surface area (Å²) in [7, 11) is 0. The van der Waals surface area contributed by atoms with Crippen LogP contribution in [0.3, 0.4) is 0 Å². The molecular formula is C8H10OS. The standard InChI is InChI=1S/C7H8S.CH2O/c8-7-5-3-1-2-4-6-7;1-2/h1-3,5-6,8H,4H2;1H2. The van der Waals surface area contributed by atoms with Crippen molar-refractivity contribution >= 4 is 19.4 Å². The lowest BCUT2D eigenvalue weighted by atomic mass is 10.4. The molecule has 2 heteroatoms. The summed E-state index contributed by atoms with van der Waals surface area (Å²) in [5.41, 5.74) is 0. The first kappa shape index (κ1) is 9.24. The van der Waals surface area contributed by atoms with Crippen LogP contribution in [0.4, 0.5) is 0 Å². The van der Waals surface area contributed by atoms with Gasteiger partial charge in [-0.3, -0.25) is 0 Å². The molecule has 0 aromatic heterocycles. The fourth-order valence-electron chi connectivity index (χ4n) is 0.568. The topological polar surface area (TPSA) is 17.1 Å². The SMILES string of the molecule is C=O.SC1=CCC=CC=C1. The highest BCUT2D eigenvalue weighted by Gasteiger charge is 1.82. The van der Waals surface area contributed by atoms with Crippen LogP contribution in [0.15, 0.2) is 35.3 Å². The molecule has 0 bridgehead atoms. The van der Waals surface area contributed by atoms with Crippen molar-refractivity contribution in [3.05, 3.63) is 35.3 Å². The maximum absolute atomic E-state index is 8.00. The van der Waals surface area contributed by atoms with Crippen LogP contribution in [-0.2, 0) is 4.79 Å². The van der Waals surface area contributed by atoms with Gasteiger partial charge in [0, 0.05) is 4.91 Å². The fraction of sp³-hybridized carbons (Fsp3) is 0.125. The largest absolute Gasteiger partial charge is 0.307 e. The second-order valence-corrected chi connectivity index (χ2v) is 2.17. The molecule has 0 saturated carbocycles. The van der Waals surface area contributed by atoms with E-state index in [1.165, 1.54) is 0 Å². The average Bonchev–Trinajstić information content (AvgIpc) is 2.21. The van der Waals surface area contributed by atoms with Crippen LogP contribution in [-0.4, -0.2) is 6.79 Å². The molecule has 1 aliphatic rings. The van der Waals surface area contributed by atoms with Gasteiger partial charge in [0.05, 0.1) is 0 Å². The lowest BCUT2D eigenvalue weighted by Gasteiger charge is -1.81. The van der Waals surface area contributed by atoms with Gasteiger partial charge in [-0.05, 0) is 12.5 Å². The minimum atomic E-state index is 1.01. The monoisotopic (exact) mass is 154 g/mol. The van der Waals surface area contributed by atoms with E-state index in [9.17, 15) is 0 Å².